The molecule has 0 saturated heterocycles. The molecule has 0 aromatic carbocycles. The first-order valence-corrected chi connectivity index (χ1v) is 7.42. The van der Waals surface area contributed by atoms with E-state index in [1.807, 2.05) is 0 Å². The maximum Gasteiger partial charge on any atom is 0.136 e. The van der Waals surface area contributed by atoms with Crippen LogP contribution in [0.25, 0.3) is 0 Å². The van der Waals surface area contributed by atoms with Crippen LogP contribution >= 0.6 is 0 Å². The molecule has 2 atom stereocenters. The Kier molecular flexibility index (Phi) is 4.24. The summed E-state index contributed by atoms with van der Waals surface area (Å²) in [6, 6.07) is 0. The maximum atomic E-state index is 12.4. The molecule has 0 heterocycles. The summed E-state index contributed by atoms with van der Waals surface area (Å²) in [6.07, 6.45) is 10.5. The third kappa shape index (κ3) is 2.90. The molecule has 2 N–H and O–H groups in total. The summed E-state index contributed by atoms with van der Waals surface area (Å²) in [5.74, 6) is 1.68. The molecule has 2 nitrogen and oxygen atoms in total. The van der Waals surface area contributed by atoms with Gasteiger partial charge < -0.3 is 5.73 Å². The van der Waals surface area contributed by atoms with Crippen LogP contribution in [0.5, 0.6) is 0 Å². The van der Waals surface area contributed by atoms with E-state index < -0.39 is 0 Å². The first kappa shape index (κ1) is 13.1. The molecule has 2 aliphatic rings. The number of nitrogens with two attached hydrogens (primary N) is 1. The minimum absolute atomic E-state index is 0.205. The van der Waals surface area contributed by atoms with Gasteiger partial charge >= 0.3 is 0 Å². The van der Waals surface area contributed by atoms with Gasteiger partial charge in [-0.3, -0.25) is 4.79 Å². The van der Waals surface area contributed by atoms with Crippen molar-refractivity contribution in [2.75, 3.05) is 6.54 Å². The minimum Gasteiger partial charge on any atom is -0.330 e. The molecule has 0 amide bonds. The Morgan fingerprint density at radius 1 is 1.29 bits per heavy atom. The molecule has 0 aliphatic heterocycles. The Balaban J connectivity index is 1.86. The number of Topliss-reactive ketones (excluding diaryl/α,β-unsaturated/α-hetero) is 1. The molecule has 2 fully saturated rings. The summed E-state index contributed by atoms with van der Waals surface area (Å²) in [5.41, 5.74) is 6.05. The van der Waals surface area contributed by atoms with Gasteiger partial charge in [-0.05, 0) is 43.6 Å². The minimum atomic E-state index is 0.205. The van der Waals surface area contributed by atoms with E-state index in [0.717, 1.165) is 25.2 Å². The van der Waals surface area contributed by atoms with E-state index >= 15 is 0 Å². The van der Waals surface area contributed by atoms with E-state index in [1.54, 1.807) is 0 Å². The van der Waals surface area contributed by atoms with Gasteiger partial charge in [-0.25, -0.2) is 0 Å². The average Bonchev–Trinajstić information content (AvgIpc) is 2.33. The fourth-order valence-electron chi connectivity index (χ4n) is 3.60. The maximum absolute atomic E-state index is 12.4. The number of rotatable bonds is 5. The topological polar surface area (TPSA) is 43.1 Å². The van der Waals surface area contributed by atoms with Crippen LogP contribution in [0.15, 0.2) is 0 Å². The van der Waals surface area contributed by atoms with Crippen LogP contribution in [-0.4, -0.2) is 12.3 Å². The van der Waals surface area contributed by atoms with Crippen molar-refractivity contribution in [3.63, 3.8) is 0 Å². The number of ketones is 1. The van der Waals surface area contributed by atoms with Crippen molar-refractivity contribution >= 4 is 5.78 Å². The zero-order valence-electron chi connectivity index (χ0n) is 11.2. The van der Waals surface area contributed by atoms with Gasteiger partial charge in [0, 0.05) is 12.3 Å². The van der Waals surface area contributed by atoms with Crippen molar-refractivity contribution in [1.82, 2.24) is 0 Å². The summed E-state index contributed by atoms with van der Waals surface area (Å²) in [7, 11) is 0. The summed E-state index contributed by atoms with van der Waals surface area (Å²) in [5, 5.41) is 0. The molecule has 17 heavy (non-hydrogen) atoms. The monoisotopic (exact) mass is 237 g/mol. The van der Waals surface area contributed by atoms with Crippen molar-refractivity contribution in [2.45, 2.75) is 64.7 Å². The Bertz CT molecular complexity index is 265. The van der Waals surface area contributed by atoms with Gasteiger partial charge in [0.1, 0.15) is 5.78 Å². The van der Waals surface area contributed by atoms with Crippen LogP contribution in [0.2, 0.25) is 0 Å². The molecule has 0 radical (unpaired) electrons. The average molecular weight is 237 g/mol. The van der Waals surface area contributed by atoms with Crippen molar-refractivity contribution in [3.8, 4) is 0 Å². The molecule has 0 spiro atoms. The first-order chi connectivity index (χ1) is 8.19. The van der Waals surface area contributed by atoms with Gasteiger partial charge in [-0.2, -0.15) is 0 Å². The van der Waals surface area contributed by atoms with Gasteiger partial charge in [0.25, 0.3) is 0 Å². The standard InChI is InChI=1S/C15H27NO/c1-2-12-5-3-6-13(9-12)14(17)10-15(11-16)7-4-8-15/h12-13H,2-11,16H2,1H3. The third-order valence-electron chi connectivity index (χ3n) is 5.21. The lowest BCUT2D eigenvalue weighted by atomic mass is 9.64. The Morgan fingerprint density at radius 2 is 2.06 bits per heavy atom. The third-order valence-corrected chi connectivity index (χ3v) is 5.21. The summed E-state index contributed by atoms with van der Waals surface area (Å²) in [6.45, 7) is 2.97. The Morgan fingerprint density at radius 3 is 2.59 bits per heavy atom. The van der Waals surface area contributed by atoms with Gasteiger partial charge in [-0.15, -0.1) is 0 Å². The summed E-state index contributed by atoms with van der Waals surface area (Å²) in [4.78, 5) is 12.4. The summed E-state index contributed by atoms with van der Waals surface area (Å²) < 4.78 is 0. The molecule has 98 valence electrons. The predicted octanol–water partition coefficient (Wildman–Crippen LogP) is 3.29. The highest BCUT2D eigenvalue weighted by Crippen LogP contribution is 2.44. The molecule has 0 aromatic heterocycles. The SMILES string of the molecule is CCC1CCCC(C(=O)CC2(CN)CCC2)C1. The second-order valence-electron chi connectivity index (χ2n) is 6.34. The number of hydrogen-bond acceptors (Lipinski definition) is 2. The second-order valence-corrected chi connectivity index (χ2v) is 6.34. The van der Waals surface area contributed by atoms with Crippen molar-refractivity contribution in [2.24, 2.45) is 23.0 Å². The smallest absolute Gasteiger partial charge is 0.136 e. The molecular formula is C15H27NO. The normalized spacial score (nSPS) is 31.9. The fourth-order valence-corrected chi connectivity index (χ4v) is 3.60. The molecule has 0 bridgehead atoms. The molecule has 2 unspecified atom stereocenters. The summed E-state index contributed by atoms with van der Waals surface area (Å²) >= 11 is 0. The molecule has 2 heteroatoms. The number of hydrogen-bond donors (Lipinski definition) is 1. The van der Waals surface area contributed by atoms with Crippen LogP contribution < -0.4 is 5.73 Å². The van der Waals surface area contributed by atoms with E-state index in [1.165, 1.54) is 38.5 Å². The highest BCUT2D eigenvalue weighted by Gasteiger charge is 2.39. The number of carbonyl (C=O) groups excluding carboxylic acids is 1. The van der Waals surface area contributed by atoms with Crippen LogP contribution in [0.4, 0.5) is 0 Å². The largest absolute Gasteiger partial charge is 0.330 e. The van der Waals surface area contributed by atoms with Gasteiger partial charge in [0.15, 0.2) is 0 Å². The quantitative estimate of drug-likeness (QED) is 0.797. The van der Waals surface area contributed by atoms with Crippen molar-refractivity contribution in [1.29, 1.82) is 0 Å². The van der Waals surface area contributed by atoms with Gasteiger partial charge in [-0.1, -0.05) is 32.6 Å². The van der Waals surface area contributed by atoms with Crippen molar-refractivity contribution < 1.29 is 4.79 Å². The molecule has 2 aliphatic carbocycles. The van der Waals surface area contributed by atoms with Gasteiger partial charge in [0.05, 0.1) is 0 Å². The van der Waals surface area contributed by atoms with Crippen LogP contribution in [0.1, 0.15) is 64.7 Å². The lowest BCUT2D eigenvalue weighted by Crippen LogP contribution is -2.40. The lowest BCUT2D eigenvalue weighted by molar-refractivity contribution is -0.128. The molecule has 2 saturated carbocycles. The Hall–Kier alpha value is -0.370. The molecule has 0 aromatic rings. The zero-order chi connectivity index (χ0) is 12.3. The molecule has 2 rings (SSSR count). The van der Waals surface area contributed by atoms with E-state index in [4.69, 9.17) is 5.73 Å². The van der Waals surface area contributed by atoms with Crippen molar-refractivity contribution in [3.05, 3.63) is 0 Å². The highest BCUT2D eigenvalue weighted by atomic mass is 16.1. The zero-order valence-corrected chi connectivity index (χ0v) is 11.2. The van der Waals surface area contributed by atoms with Crippen LogP contribution in [-0.2, 0) is 4.79 Å². The van der Waals surface area contributed by atoms with Crippen LogP contribution in [0, 0.1) is 17.3 Å². The van der Waals surface area contributed by atoms with Crippen LogP contribution in [0.3, 0.4) is 0 Å². The lowest BCUT2D eigenvalue weighted by Gasteiger charge is -2.41. The Labute approximate surface area is 105 Å². The van der Waals surface area contributed by atoms with E-state index in [-0.39, 0.29) is 5.41 Å². The predicted molar refractivity (Wildman–Crippen MR) is 70.7 cm³/mol. The van der Waals surface area contributed by atoms with E-state index in [9.17, 15) is 4.79 Å². The van der Waals surface area contributed by atoms with E-state index in [2.05, 4.69) is 6.92 Å². The first-order valence-electron chi connectivity index (χ1n) is 7.42. The molecular weight excluding hydrogens is 210 g/mol. The fraction of sp³-hybridized carbons (Fsp3) is 0.933. The highest BCUT2D eigenvalue weighted by molar-refractivity contribution is 5.82. The second kappa shape index (κ2) is 5.51. The van der Waals surface area contributed by atoms with Gasteiger partial charge in [0.2, 0.25) is 0 Å². The number of carbonyl (C=O) groups is 1. The van der Waals surface area contributed by atoms with E-state index in [0.29, 0.717) is 18.2 Å².